The number of halogens is 2. The molecule has 0 radical (unpaired) electrons. The van der Waals surface area contributed by atoms with Crippen LogP contribution in [0, 0.1) is 0 Å². The Labute approximate surface area is 149 Å². The van der Waals surface area contributed by atoms with Crippen molar-refractivity contribution in [1.82, 2.24) is 0 Å². The lowest BCUT2D eigenvalue weighted by Gasteiger charge is -2.20. The van der Waals surface area contributed by atoms with Crippen LogP contribution in [0.3, 0.4) is 0 Å². The highest BCUT2D eigenvalue weighted by atomic mass is 35.5. The first-order valence-electron chi connectivity index (χ1n) is 7.19. The zero-order valence-corrected chi connectivity index (χ0v) is 14.2. The summed E-state index contributed by atoms with van der Waals surface area (Å²) in [6.07, 6.45) is 1.75. The van der Waals surface area contributed by atoms with Gasteiger partial charge in [-0.15, -0.1) is 0 Å². The van der Waals surface area contributed by atoms with Gasteiger partial charge in [0.2, 0.25) is 5.91 Å². The van der Waals surface area contributed by atoms with Crippen LogP contribution in [0.5, 0.6) is 5.75 Å². The van der Waals surface area contributed by atoms with Gasteiger partial charge in [-0.05, 0) is 35.9 Å². The predicted molar refractivity (Wildman–Crippen MR) is 95.0 cm³/mol. The van der Waals surface area contributed by atoms with E-state index in [1.807, 2.05) is 12.1 Å². The molecule has 0 fully saturated rings. The van der Waals surface area contributed by atoms with Crippen LogP contribution in [0.2, 0.25) is 10.0 Å². The Bertz CT molecular complexity index is 857. The summed E-state index contributed by atoms with van der Waals surface area (Å²) in [5, 5.41) is 3.40. The number of benzene rings is 2. The van der Waals surface area contributed by atoms with Gasteiger partial charge in [0.1, 0.15) is 12.4 Å². The molecule has 1 N–H and O–H groups in total. The zero-order valence-electron chi connectivity index (χ0n) is 12.7. The van der Waals surface area contributed by atoms with E-state index in [4.69, 9.17) is 27.9 Å². The van der Waals surface area contributed by atoms with Crippen LogP contribution in [0.4, 0.5) is 5.69 Å². The van der Waals surface area contributed by atoms with Gasteiger partial charge in [-0.2, -0.15) is 0 Å². The van der Waals surface area contributed by atoms with Crippen molar-refractivity contribution >= 4 is 46.7 Å². The lowest BCUT2D eigenvalue weighted by atomic mass is 9.98. The Morgan fingerprint density at radius 3 is 2.58 bits per heavy atom. The number of ether oxygens (including phenoxy) is 1. The molecule has 6 heteroatoms. The third-order valence-electron chi connectivity index (χ3n) is 3.49. The number of anilines is 1. The van der Waals surface area contributed by atoms with Gasteiger partial charge < -0.3 is 10.1 Å². The van der Waals surface area contributed by atoms with E-state index in [2.05, 4.69) is 5.32 Å². The first-order valence-corrected chi connectivity index (χ1v) is 7.94. The maximum absolute atomic E-state index is 12.6. The third-order valence-corrected chi connectivity index (χ3v) is 3.99. The fourth-order valence-electron chi connectivity index (χ4n) is 2.44. The summed E-state index contributed by atoms with van der Waals surface area (Å²) in [6, 6.07) is 10.3. The first kappa shape index (κ1) is 16.6. The molecule has 2 aromatic carbocycles. The van der Waals surface area contributed by atoms with Crippen molar-refractivity contribution in [2.75, 3.05) is 11.9 Å². The maximum atomic E-state index is 12.6. The van der Waals surface area contributed by atoms with Crippen molar-refractivity contribution in [1.29, 1.82) is 0 Å². The summed E-state index contributed by atoms with van der Waals surface area (Å²) in [4.78, 5) is 23.6. The molecule has 1 amide bonds. The Balaban J connectivity index is 1.89. The van der Waals surface area contributed by atoms with E-state index in [-0.39, 0.29) is 18.3 Å². The largest absolute Gasteiger partial charge is 0.486 e. The summed E-state index contributed by atoms with van der Waals surface area (Å²) in [5.41, 5.74) is 2.39. The molecule has 1 heterocycles. The fourth-order valence-corrected chi connectivity index (χ4v) is 2.99. The molecule has 0 spiro atoms. The zero-order chi connectivity index (χ0) is 17.3. The highest BCUT2D eigenvalue weighted by Crippen LogP contribution is 2.37. The average molecular weight is 362 g/mol. The van der Waals surface area contributed by atoms with Crippen molar-refractivity contribution in [3.63, 3.8) is 0 Å². The van der Waals surface area contributed by atoms with E-state index in [1.165, 1.54) is 6.92 Å². The van der Waals surface area contributed by atoms with Crippen molar-refractivity contribution < 1.29 is 14.3 Å². The number of carbonyl (C=O) groups is 2. The second-order valence-electron chi connectivity index (χ2n) is 5.35. The lowest BCUT2D eigenvalue weighted by molar-refractivity contribution is -0.114. The van der Waals surface area contributed by atoms with Gasteiger partial charge in [-0.1, -0.05) is 35.3 Å². The molecule has 0 unspecified atom stereocenters. The summed E-state index contributed by atoms with van der Waals surface area (Å²) in [6.45, 7) is 1.59. The van der Waals surface area contributed by atoms with Crippen LogP contribution < -0.4 is 10.1 Å². The number of Topliss-reactive ketones (excluding diaryl/α,β-unsaturated/α-hetero) is 1. The van der Waals surface area contributed by atoms with Gasteiger partial charge in [-0.25, -0.2) is 0 Å². The highest BCUT2D eigenvalue weighted by Gasteiger charge is 2.26. The van der Waals surface area contributed by atoms with E-state index in [0.29, 0.717) is 32.6 Å². The van der Waals surface area contributed by atoms with Crippen molar-refractivity contribution in [2.24, 2.45) is 0 Å². The molecule has 24 heavy (non-hydrogen) atoms. The first-order chi connectivity index (χ1) is 11.4. The van der Waals surface area contributed by atoms with Crippen LogP contribution >= 0.6 is 23.2 Å². The second-order valence-corrected chi connectivity index (χ2v) is 6.20. The molecule has 3 rings (SSSR count). The van der Waals surface area contributed by atoms with Crippen LogP contribution in [-0.4, -0.2) is 18.3 Å². The van der Waals surface area contributed by atoms with Gasteiger partial charge in [0.05, 0.1) is 10.6 Å². The van der Waals surface area contributed by atoms with E-state index in [0.717, 1.165) is 5.56 Å². The fraction of sp³-hybridized carbons (Fsp3) is 0.111. The van der Waals surface area contributed by atoms with Gasteiger partial charge in [-0.3, -0.25) is 9.59 Å². The predicted octanol–water partition coefficient (Wildman–Crippen LogP) is 4.61. The summed E-state index contributed by atoms with van der Waals surface area (Å²) in [5.74, 6) is 0.0677. The number of hydrogen-bond acceptors (Lipinski definition) is 3. The number of amides is 1. The standard InChI is InChI=1S/C18H13Cl2NO3/c1-10(22)21-14-4-2-11(3-5-14)6-12-9-24-18-15(17(12)23)7-13(19)8-16(18)20/h2-8H,9H2,1H3,(H,21,22). The SMILES string of the molecule is CC(=O)Nc1ccc(C=C2COc3c(Cl)cc(Cl)cc3C2=O)cc1. The minimum Gasteiger partial charge on any atom is -0.486 e. The molecular weight excluding hydrogens is 349 g/mol. The Morgan fingerprint density at radius 1 is 1.21 bits per heavy atom. The van der Waals surface area contributed by atoms with Gasteiger partial charge in [0.25, 0.3) is 0 Å². The van der Waals surface area contributed by atoms with Crippen LogP contribution in [0.15, 0.2) is 42.0 Å². The third kappa shape index (κ3) is 3.45. The molecule has 4 nitrogen and oxygen atoms in total. The molecule has 2 aromatic rings. The Kier molecular flexibility index (Phi) is 4.60. The van der Waals surface area contributed by atoms with Gasteiger partial charge >= 0.3 is 0 Å². The van der Waals surface area contributed by atoms with Crippen molar-refractivity contribution in [2.45, 2.75) is 6.92 Å². The van der Waals surface area contributed by atoms with Gasteiger partial charge in [0, 0.05) is 23.2 Å². The molecule has 0 aliphatic carbocycles. The lowest BCUT2D eigenvalue weighted by Crippen LogP contribution is -2.19. The summed E-state index contributed by atoms with van der Waals surface area (Å²) in [7, 11) is 0. The van der Waals surface area contributed by atoms with E-state index in [9.17, 15) is 9.59 Å². The van der Waals surface area contributed by atoms with Crippen LogP contribution in [0.1, 0.15) is 22.8 Å². The van der Waals surface area contributed by atoms with E-state index >= 15 is 0 Å². The number of fused-ring (bicyclic) bond motifs is 1. The minimum atomic E-state index is -0.161. The number of ketones is 1. The number of hydrogen-bond donors (Lipinski definition) is 1. The molecule has 1 aliphatic rings. The molecule has 122 valence electrons. The number of nitrogens with one attached hydrogen (secondary N) is 1. The van der Waals surface area contributed by atoms with Crippen LogP contribution in [0.25, 0.3) is 6.08 Å². The quantitative estimate of drug-likeness (QED) is 0.794. The summed E-state index contributed by atoms with van der Waals surface area (Å²) < 4.78 is 5.60. The monoisotopic (exact) mass is 361 g/mol. The Hall–Kier alpha value is -2.30. The molecule has 1 aliphatic heterocycles. The number of rotatable bonds is 2. The number of carbonyl (C=O) groups excluding carboxylic acids is 2. The molecule has 0 atom stereocenters. The topological polar surface area (TPSA) is 55.4 Å². The molecule has 0 saturated carbocycles. The summed E-state index contributed by atoms with van der Waals surface area (Å²) >= 11 is 12.0. The normalized spacial score (nSPS) is 15.0. The Morgan fingerprint density at radius 2 is 1.92 bits per heavy atom. The van der Waals surface area contributed by atoms with E-state index in [1.54, 1.807) is 30.3 Å². The van der Waals surface area contributed by atoms with Gasteiger partial charge in [0.15, 0.2) is 5.78 Å². The average Bonchev–Trinajstić information content (AvgIpc) is 2.52. The smallest absolute Gasteiger partial charge is 0.221 e. The second kappa shape index (κ2) is 6.67. The molecule has 0 aromatic heterocycles. The van der Waals surface area contributed by atoms with Crippen LogP contribution in [-0.2, 0) is 4.79 Å². The molecule has 0 bridgehead atoms. The van der Waals surface area contributed by atoms with E-state index < -0.39 is 0 Å². The minimum absolute atomic E-state index is 0.137. The molecular formula is C18H13Cl2NO3. The maximum Gasteiger partial charge on any atom is 0.221 e. The van der Waals surface area contributed by atoms with Crippen molar-refractivity contribution in [3.8, 4) is 5.75 Å². The van der Waals surface area contributed by atoms with Crippen molar-refractivity contribution in [3.05, 3.63) is 63.1 Å². The molecule has 0 saturated heterocycles. The highest BCUT2D eigenvalue weighted by molar-refractivity contribution is 6.37.